The van der Waals surface area contributed by atoms with Gasteiger partial charge in [-0.25, -0.2) is 27.8 Å². The molecular weight excluding hydrogens is 905 g/mol. The van der Waals surface area contributed by atoms with Gasteiger partial charge in [-0.05, 0) is 127 Å². The summed E-state index contributed by atoms with van der Waals surface area (Å²) in [5.41, 5.74) is 4.60. The molecule has 15 nitrogen and oxygen atoms in total. The molecule has 0 atom stereocenters. The SMILES string of the molecule is COCc1cc(C)n2ncc(C(=O)N[C@H]3CC[C@]4(CCN(c5ccc(F)cc5Cl)C4=O)CC3)c2n1.Cc1ccnc2c(C(=O)N[C@H]3CC[C@]4(CCN(c5ccc(F)cc5Cl)C4=O)CC3)cnn12. The molecule has 67 heavy (non-hydrogen) atoms. The van der Waals surface area contributed by atoms with E-state index in [0.717, 1.165) is 29.9 Å². The number of halogens is 4. The van der Waals surface area contributed by atoms with E-state index in [1.807, 2.05) is 26.0 Å². The number of fused-ring (bicyclic) bond motifs is 2. The predicted octanol–water partition coefficient (Wildman–Crippen LogP) is 8.00. The summed E-state index contributed by atoms with van der Waals surface area (Å²) in [6.07, 6.45) is 11.8. The van der Waals surface area contributed by atoms with E-state index in [-0.39, 0.29) is 45.8 Å². The Morgan fingerprint density at radius 2 is 1.18 bits per heavy atom. The summed E-state index contributed by atoms with van der Waals surface area (Å²) >= 11 is 12.4. The summed E-state index contributed by atoms with van der Waals surface area (Å²) in [6, 6.07) is 11.9. The van der Waals surface area contributed by atoms with Gasteiger partial charge >= 0.3 is 0 Å². The maximum absolute atomic E-state index is 13.5. The first-order valence-corrected chi connectivity index (χ1v) is 23.2. The van der Waals surface area contributed by atoms with Crippen molar-refractivity contribution in [2.24, 2.45) is 10.8 Å². The fourth-order valence-corrected chi connectivity index (χ4v) is 10.9. The van der Waals surface area contributed by atoms with Gasteiger partial charge < -0.3 is 25.2 Å². The molecule has 4 fully saturated rings. The molecule has 2 aliphatic heterocycles. The number of hydrogen-bond donors (Lipinski definition) is 2. The van der Waals surface area contributed by atoms with E-state index in [2.05, 4.69) is 30.8 Å². The summed E-state index contributed by atoms with van der Waals surface area (Å²) in [6.45, 7) is 5.28. The summed E-state index contributed by atoms with van der Waals surface area (Å²) < 4.78 is 35.3. The van der Waals surface area contributed by atoms with Crippen molar-refractivity contribution in [3.63, 3.8) is 0 Å². The number of methoxy groups -OCH3 is 1. The minimum Gasteiger partial charge on any atom is -0.378 e. The zero-order valence-corrected chi connectivity index (χ0v) is 38.8. The first-order valence-electron chi connectivity index (χ1n) is 22.5. The van der Waals surface area contributed by atoms with Crippen LogP contribution in [0.4, 0.5) is 20.2 Å². The number of carbonyl (C=O) groups excluding carboxylic acids is 4. The molecule has 2 saturated carbocycles. The van der Waals surface area contributed by atoms with E-state index in [9.17, 15) is 28.0 Å². The average molecular weight is 956 g/mol. The Balaban J connectivity index is 0.000000169. The molecule has 10 rings (SSSR count). The zero-order chi connectivity index (χ0) is 47.2. The summed E-state index contributed by atoms with van der Waals surface area (Å²) in [5, 5.41) is 15.3. The topological polar surface area (TPSA) is 168 Å². The quantitative estimate of drug-likeness (QED) is 0.154. The molecule has 350 valence electrons. The molecule has 19 heteroatoms. The smallest absolute Gasteiger partial charge is 0.256 e. The molecule has 2 spiro atoms. The highest BCUT2D eigenvalue weighted by molar-refractivity contribution is 6.34. The van der Waals surface area contributed by atoms with Crippen molar-refractivity contribution in [2.75, 3.05) is 30.0 Å². The minimum absolute atomic E-state index is 0.0101. The molecule has 4 amide bonds. The van der Waals surface area contributed by atoms with Crippen molar-refractivity contribution >= 4 is 69.5 Å². The third-order valence-electron chi connectivity index (χ3n) is 14.1. The number of aromatic nitrogens is 6. The Morgan fingerprint density at radius 3 is 1.66 bits per heavy atom. The number of nitrogens with one attached hydrogen (secondary N) is 2. The first kappa shape index (κ1) is 46.1. The predicted molar refractivity (Wildman–Crippen MR) is 247 cm³/mol. The first-order chi connectivity index (χ1) is 32.2. The van der Waals surface area contributed by atoms with Crippen LogP contribution >= 0.6 is 23.2 Å². The molecule has 0 unspecified atom stereocenters. The molecule has 0 bridgehead atoms. The van der Waals surface area contributed by atoms with Crippen LogP contribution in [0.5, 0.6) is 0 Å². The second kappa shape index (κ2) is 18.6. The van der Waals surface area contributed by atoms with Gasteiger partial charge in [-0.2, -0.15) is 10.2 Å². The van der Waals surface area contributed by atoms with Crippen LogP contribution in [0.25, 0.3) is 11.3 Å². The third-order valence-corrected chi connectivity index (χ3v) is 14.7. The second-order valence-electron chi connectivity index (χ2n) is 18.2. The Kier molecular flexibility index (Phi) is 12.8. The summed E-state index contributed by atoms with van der Waals surface area (Å²) in [5.74, 6) is -1.20. The van der Waals surface area contributed by atoms with Gasteiger partial charge in [0, 0.05) is 49.9 Å². The van der Waals surface area contributed by atoms with Crippen LogP contribution in [0.15, 0.2) is 67.1 Å². The van der Waals surface area contributed by atoms with E-state index in [4.69, 9.17) is 27.9 Å². The number of anilines is 2. The highest BCUT2D eigenvalue weighted by Gasteiger charge is 2.50. The van der Waals surface area contributed by atoms with E-state index in [0.29, 0.717) is 105 Å². The molecule has 2 saturated heterocycles. The molecule has 6 heterocycles. The normalized spacial score (nSPS) is 22.8. The zero-order valence-electron chi connectivity index (χ0n) is 37.3. The lowest BCUT2D eigenvalue weighted by Gasteiger charge is -2.36. The lowest BCUT2D eigenvalue weighted by atomic mass is 9.71. The van der Waals surface area contributed by atoms with Crippen molar-refractivity contribution in [3.8, 4) is 0 Å². The van der Waals surface area contributed by atoms with E-state index in [1.165, 1.54) is 30.5 Å². The van der Waals surface area contributed by atoms with Gasteiger partial charge in [0.05, 0.1) is 56.9 Å². The summed E-state index contributed by atoms with van der Waals surface area (Å²) in [4.78, 5) is 64.8. The van der Waals surface area contributed by atoms with Crippen LogP contribution in [0.3, 0.4) is 0 Å². The molecule has 2 aliphatic carbocycles. The highest BCUT2D eigenvalue weighted by Crippen LogP contribution is 2.48. The van der Waals surface area contributed by atoms with Crippen molar-refractivity contribution in [2.45, 2.75) is 96.7 Å². The van der Waals surface area contributed by atoms with E-state index < -0.39 is 22.5 Å². The van der Waals surface area contributed by atoms with Crippen molar-refractivity contribution in [1.29, 1.82) is 0 Å². The molecular formula is C48H50Cl2F2N10O5. The number of aryl methyl sites for hydroxylation is 2. The van der Waals surface area contributed by atoms with Crippen LogP contribution in [0.1, 0.15) is 102 Å². The molecule has 4 aromatic heterocycles. The number of ether oxygens (including phenoxy) is 1. The fraction of sp³-hybridized carbons (Fsp3) is 0.417. The average Bonchev–Trinajstić information content (AvgIpc) is 4.08. The maximum atomic E-state index is 13.5. The number of nitrogens with zero attached hydrogens (tertiary/aromatic N) is 8. The van der Waals surface area contributed by atoms with Crippen LogP contribution in [0.2, 0.25) is 10.0 Å². The van der Waals surface area contributed by atoms with Gasteiger partial charge in [-0.1, -0.05) is 23.2 Å². The van der Waals surface area contributed by atoms with Gasteiger partial charge in [0.2, 0.25) is 11.8 Å². The number of hydrogen-bond acceptors (Lipinski definition) is 9. The molecule has 2 aromatic carbocycles. The Labute approximate surface area is 395 Å². The summed E-state index contributed by atoms with van der Waals surface area (Å²) in [7, 11) is 1.60. The Hall–Kier alpha value is -6.04. The maximum Gasteiger partial charge on any atom is 0.256 e. The van der Waals surface area contributed by atoms with Crippen LogP contribution < -0.4 is 20.4 Å². The number of carbonyl (C=O) groups is 4. The van der Waals surface area contributed by atoms with Crippen LogP contribution in [-0.4, -0.2) is 85.1 Å². The molecule has 0 radical (unpaired) electrons. The van der Waals surface area contributed by atoms with Gasteiger partial charge in [0.15, 0.2) is 11.3 Å². The van der Waals surface area contributed by atoms with Crippen molar-refractivity contribution in [3.05, 3.63) is 117 Å². The lowest BCUT2D eigenvalue weighted by molar-refractivity contribution is -0.128. The monoisotopic (exact) mass is 954 g/mol. The number of benzene rings is 2. The Bertz CT molecular complexity index is 2910. The minimum atomic E-state index is -0.461. The standard InChI is InChI=1S/C25H27ClFN5O3.C23H23ClFN5O2/c1-15-11-18(14-35-2)29-22-19(13-28-32(15)22)23(33)30-17-5-7-25(8-6-17)9-10-31(24(25)34)21-4-3-16(27)12-20(21)26;1-14-6-10-26-20-17(13-27-30(14)20)21(31)28-16-4-7-23(8-5-16)9-11-29(22(23)32)19-3-2-15(25)12-18(19)24/h3-4,11-13,17H,5-10,14H2,1-2H3,(H,30,33);2-3,6,10,12-13,16H,4-5,7-9,11H2,1H3,(H,28,31)/t17-,25+;16-,23+. The second-order valence-corrected chi connectivity index (χ2v) is 19.0. The van der Waals surface area contributed by atoms with E-state index >= 15 is 0 Å². The van der Waals surface area contributed by atoms with Crippen molar-refractivity contribution < 1.29 is 32.7 Å². The lowest BCUT2D eigenvalue weighted by Crippen LogP contribution is -2.44. The van der Waals surface area contributed by atoms with Gasteiger partial charge in [-0.15, -0.1) is 0 Å². The van der Waals surface area contributed by atoms with Crippen molar-refractivity contribution in [1.82, 2.24) is 39.8 Å². The molecule has 6 aromatic rings. The third kappa shape index (κ3) is 8.84. The Morgan fingerprint density at radius 1 is 0.701 bits per heavy atom. The van der Waals surface area contributed by atoms with Gasteiger partial charge in [0.1, 0.15) is 22.8 Å². The molecule has 2 N–H and O–H groups in total. The number of amides is 4. The van der Waals surface area contributed by atoms with Crippen LogP contribution in [0, 0.1) is 36.3 Å². The highest BCUT2D eigenvalue weighted by atomic mass is 35.5. The number of rotatable bonds is 8. The van der Waals surface area contributed by atoms with Gasteiger partial charge in [0.25, 0.3) is 11.8 Å². The van der Waals surface area contributed by atoms with Crippen LogP contribution in [-0.2, 0) is 20.9 Å². The van der Waals surface area contributed by atoms with Gasteiger partial charge in [-0.3, -0.25) is 19.2 Å². The largest absolute Gasteiger partial charge is 0.378 e. The van der Waals surface area contributed by atoms with E-state index in [1.54, 1.807) is 50.5 Å². The molecule has 4 aliphatic rings. The fourth-order valence-electron chi connectivity index (χ4n) is 10.3.